The third-order valence-corrected chi connectivity index (χ3v) is 6.69. The maximum absolute atomic E-state index is 13.1. The number of ether oxygens (including phenoxy) is 1. The van der Waals surface area contributed by atoms with Crippen molar-refractivity contribution in [3.8, 4) is 11.3 Å². The summed E-state index contributed by atoms with van der Waals surface area (Å²) >= 11 is 0. The third kappa shape index (κ3) is 6.66. The number of pyridine rings is 1. The molecular formula is C27H39F3N6O. The molecule has 37 heavy (non-hydrogen) atoms. The Bertz CT molecular complexity index is 1210. The average molecular weight is 521 g/mol. The minimum Gasteiger partial charge on any atom is -0.367 e. The maximum atomic E-state index is 13.1. The number of nitrogens with two attached hydrogens (primary N) is 1. The lowest BCUT2D eigenvalue weighted by Gasteiger charge is -2.24. The van der Waals surface area contributed by atoms with Gasteiger partial charge < -0.3 is 10.5 Å². The highest BCUT2D eigenvalue weighted by molar-refractivity contribution is 5.99. The smallest absolute Gasteiger partial charge is 0.239 e. The minimum absolute atomic E-state index is 0. The minimum atomic E-state index is -2.43. The molecular weight excluding hydrogens is 481 g/mol. The molecule has 1 saturated carbocycles. The largest absolute Gasteiger partial charge is 0.367 e. The Morgan fingerprint density at radius 1 is 1.16 bits per heavy atom. The summed E-state index contributed by atoms with van der Waals surface area (Å²) in [5, 5.41) is 4.11. The van der Waals surface area contributed by atoms with Crippen molar-refractivity contribution in [3.63, 3.8) is 0 Å². The van der Waals surface area contributed by atoms with E-state index in [1.165, 1.54) is 26.2 Å². The molecule has 2 atom stereocenters. The molecule has 7 nitrogen and oxygen atoms in total. The number of nitrogen functional groups attached to an aromatic ring is 1. The first kappa shape index (κ1) is 28.6. The van der Waals surface area contributed by atoms with Gasteiger partial charge in [-0.1, -0.05) is 33.1 Å². The molecule has 0 bridgehead atoms. The topological polar surface area (TPSA) is 90.7 Å². The van der Waals surface area contributed by atoms with Crippen LogP contribution in [0.1, 0.15) is 80.3 Å². The van der Waals surface area contributed by atoms with Gasteiger partial charge in [0, 0.05) is 25.3 Å². The highest BCUT2D eigenvalue weighted by atomic mass is 19.3. The molecule has 3 aromatic rings. The van der Waals surface area contributed by atoms with Crippen LogP contribution >= 0.6 is 0 Å². The molecule has 0 spiro atoms. The standard InChI is InChI=1S/C17H16F2N6.C8H15FO.C2H6.H2/c1-9-17(2,7-14(18)19)15-12(22-9)4-3-11(23-15)10-5-6-25-13(10)8-21-16(20)24-25;1-7(9)10-8-5-3-2-4-6-8;1-2;/h3-6,8,14H,7H2,1-2H3,(H2,20,24);7-8H,2-6H2,1H3;1-2H3;1H. The van der Waals surface area contributed by atoms with Crippen molar-refractivity contribution < 1.29 is 19.3 Å². The number of anilines is 1. The van der Waals surface area contributed by atoms with Crippen molar-refractivity contribution in [3.05, 3.63) is 36.3 Å². The second-order valence-corrected chi connectivity index (χ2v) is 9.30. The summed E-state index contributed by atoms with van der Waals surface area (Å²) in [7, 11) is 0. The molecule has 204 valence electrons. The summed E-state index contributed by atoms with van der Waals surface area (Å²) in [4.78, 5) is 13.1. The summed E-state index contributed by atoms with van der Waals surface area (Å²) in [6, 6.07) is 5.50. The van der Waals surface area contributed by atoms with E-state index in [0.717, 1.165) is 23.9 Å². The summed E-state index contributed by atoms with van der Waals surface area (Å²) in [5.74, 6) is 0.171. The maximum Gasteiger partial charge on any atom is 0.239 e. The van der Waals surface area contributed by atoms with Gasteiger partial charge in [0.05, 0.1) is 40.3 Å². The fourth-order valence-corrected chi connectivity index (χ4v) is 4.72. The van der Waals surface area contributed by atoms with Crippen LogP contribution in [0, 0.1) is 0 Å². The molecule has 2 unspecified atom stereocenters. The normalized spacial score (nSPS) is 20.0. The lowest BCUT2D eigenvalue weighted by Crippen LogP contribution is -2.31. The second kappa shape index (κ2) is 12.5. The van der Waals surface area contributed by atoms with Gasteiger partial charge in [-0.15, -0.1) is 5.10 Å². The van der Waals surface area contributed by atoms with Crippen LogP contribution in [-0.4, -0.2) is 44.2 Å². The molecule has 0 radical (unpaired) electrons. The zero-order valence-electron chi connectivity index (χ0n) is 22.2. The highest BCUT2D eigenvalue weighted by Gasteiger charge is 2.41. The molecule has 2 N–H and O–H groups in total. The predicted octanol–water partition coefficient (Wildman–Crippen LogP) is 7.32. The van der Waals surface area contributed by atoms with E-state index in [9.17, 15) is 13.2 Å². The fraction of sp³-hybridized carbons (Fsp3) is 0.556. The number of rotatable bonds is 5. The molecule has 0 aromatic carbocycles. The van der Waals surface area contributed by atoms with Crippen molar-refractivity contribution in [2.75, 3.05) is 5.73 Å². The Morgan fingerprint density at radius 3 is 2.51 bits per heavy atom. The van der Waals surface area contributed by atoms with E-state index in [-0.39, 0.29) is 19.9 Å². The number of hydrogen-bond acceptors (Lipinski definition) is 6. The molecule has 2 aliphatic rings. The Kier molecular flexibility index (Phi) is 9.64. The monoisotopic (exact) mass is 520 g/mol. The van der Waals surface area contributed by atoms with E-state index >= 15 is 0 Å². The van der Waals surface area contributed by atoms with E-state index in [1.807, 2.05) is 32.0 Å². The first-order valence-electron chi connectivity index (χ1n) is 12.9. The number of hydrogen-bond donors (Lipinski definition) is 1. The van der Waals surface area contributed by atoms with Gasteiger partial charge in [0.2, 0.25) is 12.4 Å². The van der Waals surface area contributed by atoms with Gasteiger partial charge in [-0.3, -0.25) is 4.99 Å². The number of alkyl halides is 3. The van der Waals surface area contributed by atoms with Gasteiger partial charge >= 0.3 is 0 Å². The number of aromatic nitrogens is 4. The van der Waals surface area contributed by atoms with Crippen molar-refractivity contribution in [1.82, 2.24) is 19.6 Å². The predicted molar refractivity (Wildman–Crippen MR) is 143 cm³/mol. The number of halogens is 3. The van der Waals surface area contributed by atoms with E-state index in [2.05, 4.69) is 20.1 Å². The molecule has 0 amide bonds. The van der Waals surface area contributed by atoms with Crippen LogP contribution in [0.2, 0.25) is 0 Å². The fourth-order valence-electron chi connectivity index (χ4n) is 4.72. The summed E-state index contributed by atoms with van der Waals surface area (Å²) in [6.45, 7) is 8.99. The van der Waals surface area contributed by atoms with Crippen LogP contribution in [0.5, 0.6) is 0 Å². The summed E-state index contributed by atoms with van der Waals surface area (Å²) in [6.07, 6.45) is 5.57. The van der Waals surface area contributed by atoms with Crippen molar-refractivity contribution in [1.29, 1.82) is 0 Å². The van der Waals surface area contributed by atoms with Gasteiger partial charge in [0.1, 0.15) is 0 Å². The molecule has 4 heterocycles. The van der Waals surface area contributed by atoms with Gasteiger partial charge in [-0.25, -0.2) is 27.7 Å². The molecule has 0 saturated heterocycles. The van der Waals surface area contributed by atoms with Gasteiger partial charge in [0.25, 0.3) is 0 Å². The van der Waals surface area contributed by atoms with E-state index in [4.69, 9.17) is 10.5 Å². The van der Waals surface area contributed by atoms with Crippen molar-refractivity contribution >= 4 is 22.9 Å². The molecule has 1 aliphatic carbocycles. The Hall–Kier alpha value is -3.01. The lowest BCUT2D eigenvalue weighted by molar-refractivity contribution is -0.0854. The molecule has 1 fully saturated rings. The summed E-state index contributed by atoms with van der Waals surface area (Å²) < 4.78 is 45.1. The lowest BCUT2D eigenvalue weighted by atomic mass is 9.80. The average Bonchev–Trinajstić information content (AvgIpc) is 3.38. The molecule has 1 aliphatic heterocycles. The van der Waals surface area contributed by atoms with Crippen LogP contribution in [0.25, 0.3) is 16.8 Å². The number of nitrogens with zero attached hydrogens (tertiary/aromatic N) is 5. The van der Waals surface area contributed by atoms with Crippen LogP contribution in [0.15, 0.2) is 35.6 Å². The van der Waals surface area contributed by atoms with E-state index in [0.29, 0.717) is 22.8 Å². The molecule has 10 heteroatoms. The van der Waals surface area contributed by atoms with Crippen LogP contribution < -0.4 is 5.73 Å². The van der Waals surface area contributed by atoms with E-state index < -0.39 is 18.2 Å². The second-order valence-electron chi connectivity index (χ2n) is 9.30. The Balaban J connectivity index is 0.000000330. The first-order valence-corrected chi connectivity index (χ1v) is 12.9. The Morgan fingerprint density at radius 2 is 1.86 bits per heavy atom. The number of aliphatic imine (C=N–C) groups is 1. The quantitative estimate of drug-likeness (QED) is 0.381. The van der Waals surface area contributed by atoms with Gasteiger partial charge in [-0.05, 0) is 51.8 Å². The van der Waals surface area contributed by atoms with Crippen molar-refractivity contribution in [2.24, 2.45) is 4.99 Å². The van der Waals surface area contributed by atoms with Crippen LogP contribution in [0.4, 0.5) is 24.8 Å². The van der Waals surface area contributed by atoms with E-state index in [1.54, 1.807) is 30.8 Å². The zero-order valence-corrected chi connectivity index (χ0v) is 22.2. The molecule has 5 rings (SSSR count). The SMILES string of the molecule is CC.CC(F)OC1CCCCC1.CC1=Nc2ccc(-c3ccn4nc(N)ncc34)nc2C1(C)CC(F)F.[HH]. The van der Waals surface area contributed by atoms with Gasteiger partial charge in [0.15, 0.2) is 6.36 Å². The van der Waals surface area contributed by atoms with Crippen molar-refractivity contribution in [2.45, 2.75) is 97.4 Å². The zero-order chi connectivity index (χ0) is 27.2. The third-order valence-electron chi connectivity index (χ3n) is 6.69. The van der Waals surface area contributed by atoms with Gasteiger partial charge in [-0.2, -0.15) is 0 Å². The first-order chi connectivity index (χ1) is 17.7. The highest BCUT2D eigenvalue weighted by Crippen LogP contribution is 2.43. The van der Waals surface area contributed by atoms with Crippen LogP contribution in [-0.2, 0) is 10.2 Å². The number of fused-ring (bicyclic) bond motifs is 2. The van der Waals surface area contributed by atoms with Crippen LogP contribution in [0.3, 0.4) is 0 Å². The summed E-state index contributed by atoms with van der Waals surface area (Å²) in [5.41, 5.74) is 8.84. The molecule has 3 aromatic heterocycles. The Labute approximate surface area is 217 Å².